The summed E-state index contributed by atoms with van der Waals surface area (Å²) in [6.07, 6.45) is 0.906. The number of primary amides is 1. The SMILES string of the molecule is CC(C)CC(CN)Nc1nc2ccccc2cc1C(N)=O. The van der Waals surface area contributed by atoms with Crippen LogP contribution in [-0.4, -0.2) is 23.5 Å². The Morgan fingerprint density at radius 1 is 1.33 bits per heavy atom. The van der Waals surface area contributed by atoms with Gasteiger partial charge in [-0.2, -0.15) is 0 Å². The first-order chi connectivity index (χ1) is 10.0. The first-order valence-corrected chi connectivity index (χ1v) is 7.17. The van der Waals surface area contributed by atoms with Crippen LogP contribution in [0.5, 0.6) is 0 Å². The Balaban J connectivity index is 2.40. The van der Waals surface area contributed by atoms with Crippen molar-refractivity contribution in [3.05, 3.63) is 35.9 Å². The van der Waals surface area contributed by atoms with Gasteiger partial charge in [-0.15, -0.1) is 0 Å². The van der Waals surface area contributed by atoms with Gasteiger partial charge in [0.05, 0.1) is 11.1 Å². The molecule has 5 N–H and O–H groups in total. The predicted molar refractivity (Wildman–Crippen MR) is 86.2 cm³/mol. The minimum absolute atomic E-state index is 0.0664. The third-order valence-electron chi connectivity index (χ3n) is 3.37. The number of fused-ring (bicyclic) bond motifs is 1. The van der Waals surface area contributed by atoms with Gasteiger partial charge in [-0.3, -0.25) is 4.79 Å². The number of para-hydroxylation sites is 1. The lowest BCUT2D eigenvalue weighted by Gasteiger charge is -2.21. The van der Waals surface area contributed by atoms with E-state index in [4.69, 9.17) is 11.5 Å². The lowest BCUT2D eigenvalue weighted by molar-refractivity contribution is 0.100. The molecule has 0 aliphatic rings. The van der Waals surface area contributed by atoms with Crippen molar-refractivity contribution >= 4 is 22.6 Å². The number of nitrogens with zero attached hydrogens (tertiary/aromatic N) is 1. The van der Waals surface area contributed by atoms with Gasteiger partial charge in [0, 0.05) is 18.0 Å². The molecule has 0 bridgehead atoms. The summed E-state index contributed by atoms with van der Waals surface area (Å²) in [5.41, 5.74) is 12.5. The average molecular weight is 286 g/mol. The van der Waals surface area contributed by atoms with Crippen LogP contribution in [0.4, 0.5) is 5.82 Å². The van der Waals surface area contributed by atoms with E-state index in [0.717, 1.165) is 17.3 Å². The molecule has 1 aromatic carbocycles. The Morgan fingerprint density at radius 3 is 2.67 bits per heavy atom. The number of nitrogens with one attached hydrogen (secondary N) is 1. The quantitative estimate of drug-likeness (QED) is 0.758. The molecular weight excluding hydrogens is 264 g/mol. The van der Waals surface area contributed by atoms with Gasteiger partial charge in [-0.05, 0) is 24.5 Å². The number of benzene rings is 1. The van der Waals surface area contributed by atoms with Crippen LogP contribution in [0.25, 0.3) is 10.9 Å². The molecule has 0 fully saturated rings. The van der Waals surface area contributed by atoms with Crippen molar-refractivity contribution in [3.63, 3.8) is 0 Å². The summed E-state index contributed by atoms with van der Waals surface area (Å²) in [5.74, 6) is 0.525. The summed E-state index contributed by atoms with van der Waals surface area (Å²) >= 11 is 0. The number of hydrogen-bond donors (Lipinski definition) is 3. The molecule has 0 saturated heterocycles. The van der Waals surface area contributed by atoms with E-state index in [9.17, 15) is 4.79 Å². The molecule has 112 valence electrons. The third-order valence-corrected chi connectivity index (χ3v) is 3.37. The number of anilines is 1. The van der Waals surface area contributed by atoms with Gasteiger partial charge in [-0.25, -0.2) is 4.98 Å². The van der Waals surface area contributed by atoms with Crippen molar-refractivity contribution in [1.82, 2.24) is 4.98 Å². The zero-order valence-corrected chi connectivity index (χ0v) is 12.5. The lowest BCUT2D eigenvalue weighted by Crippen LogP contribution is -2.31. The van der Waals surface area contributed by atoms with Crippen LogP contribution >= 0.6 is 0 Å². The van der Waals surface area contributed by atoms with E-state index in [2.05, 4.69) is 24.1 Å². The second-order valence-electron chi connectivity index (χ2n) is 5.65. The molecule has 2 rings (SSSR count). The normalized spacial score (nSPS) is 12.6. The zero-order valence-electron chi connectivity index (χ0n) is 12.5. The van der Waals surface area contributed by atoms with Crippen molar-refractivity contribution in [3.8, 4) is 0 Å². The minimum Gasteiger partial charge on any atom is -0.365 e. The molecule has 5 nitrogen and oxygen atoms in total. The highest BCUT2D eigenvalue weighted by atomic mass is 16.1. The van der Waals surface area contributed by atoms with Gasteiger partial charge in [0.25, 0.3) is 5.91 Å². The Hall–Kier alpha value is -2.14. The second kappa shape index (κ2) is 6.54. The van der Waals surface area contributed by atoms with Gasteiger partial charge in [-0.1, -0.05) is 32.0 Å². The zero-order chi connectivity index (χ0) is 15.4. The van der Waals surface area contributed by atoms with E-state index >= 15 is 0 Å². The average Bonchev–Trinajstić information content (AvgIpc) is 2.45. The fourth-order valence-corrected chi connectivity index (χ4v) is 2.39. The molecule has 5 heteroatoms. The maximum Gasteiger partial charge on any atom is 0.252 e. The maximum absolute atomic E-state index is 11.7. The summed E-state index contributed by atoms with van der Waals surface area (Å²) in [5, 5.41) is 4.16. The molecule has 1 atom stereocenters. The van der Waals surface area contributed by atoms with Gasteiger partial charge in [0.2, 0.25) is 0 Å². The van der Waals surface area contributed by atoms with Gasteiger partial charge in [0.1, 0.15) is 5.82 Å². The number of carbonyl (C=O) groups is 1. The molecule has 1 amide bonds. The van der Waals surface area contributed by atoms with E-state index in [0.29, 0.717) is 23.8 Å². The summed E-state index contributed by atoms with van der Waals surface area (Å²) in [4.78, 5) is 16.2. The number of aromatic nitrogens is 1. The molecule has 0 radical (unpaired) electrons. The van der Waals surface area contributed by atoms with Crippen LogP contribution in [0.3, 0.4) is 0 Å². The number of rotatable bonds is 6. The van der Waals surface area contributed by atoms with Crippen LogP contribution in [0.1, 0.15) is 30.6 Å². The van der Waals surface area contributed by atoms with Crippen molar-refractivity contribution in [2.75, 3.05) is 11.9 Å². The largest absolute Gasteiger partial charge is 0.365 e. The standard InChI is InChI=1S/C16H22N4O/c1-10(2)7-12(9-17)19-16-13(15(18)21)8-11-5-3-4-6-14(11)20-16/h3-6,8,10,12H,7,9,17H2,1-2H3,(H2,18,21)(H,19,20). The number of hydrogen-bond acceptors (Lipinski definition) is 4. The molecule has 1 unspecified atom stereocenters. The van der Waals surface area contributed by atoms with Crippen molar-refractivity contribution in [1.29, 1.82) is 0 Å². The van der Waals surface area contributed by atoms with Gasteiger partial charge in [0.15, 0.2) is 0 Å². The predicted octanol–water partition coefficient (Wildman–Crippen LogP) is 2.12. The Bertz CT molecular complexity index is 639. The highest BCUT2D eigenvalue weighted by Crippen LogP contribution is 2.21. The number of pyridine rings is 1. The molecule has 2 aromatic rings. The molecule has 1 heterocycles. The smallest absolute Gasteiger partial charge is 0.252 e. The van der Waals surface area contributed by atoms with E-state index < -0.39 is 5.91 Å². The fourth-order valence-electron chi connectivity index (χ4n) is 2.39. The molecule has 0 aliphatic heterocycles. The monoisotopic (exact) mass is 286 g/mol. The summed E-state index contributed by atoms with van der Waals surface area (Å²) in [7, 11) is 0. The molecule has 0 saturated carbocycles. The van der Waals surface area contributed by atoms with Gasteiger partial charge >= 0.3 is 0 Å². The maximum atomic E-state index is 11.7. The minimum atomic E-state index is -0.490. The van der Waals surface area contributed by atoms with E-state index in [1.807, 2.05) is 24.3 Å². The van der Waals surface area contributed by atoms with Crippen molar-refractivity contribution in [2.45, 2.75) is 26.3 Å². The van der Waals surface area contributed by atoms with E-state index in [1.165, 1.54) is 0 Å². The molecule has 0 aliphatic carbocycles. The third kappa shape index (κ3) is 3.70. The molecule has 21 heavy (non-hydrogen) atoms. The number of carbonyl (C=O) groups excluding carboxylic acids is 1. The van der Waals surface area contributed by atoms with E-state index in [-0.39, 0.29) is 6.04 Å². The van der Waals surface area contributed by atoms with Gasteiger partial charge < -0.3 is 16.8 Å². The lowest BCUT2D eigenvalue weighted by atomic mass is 10.0. The topological polar surface area (TPSA) is 94.0 Å². The van der Waals surface area contributed by atoms with E-state index in [1.54, 1.807) is 6.07 Å². The molecule has 1 aromatic heterocycles. The number of amides is 1. The Kier molecular flexibility index (Phi) is 4.75. The first kappa shape index (κ1) is 15.3. The van der Waals surface area contributed by atoms with Crippen LogP contribution in [-0.2, 0) is 0 Å². The van der Waals surface area contributed by atoms with Crippen molar-refractivity contribution < 1.29 is 4.79 Å². The highest BCUT2D eigenvalue weighted by molar-refractivity contribution is 6.01. The summed E-state index contributed by atoms with van der Waals surface area (Å²) in [6, 6.07) is 9.48. The molecular formula is C16H22N4O. The second-order valence-corrected chi connectivity index (χ2v) is 5.65. The van der Waals surface area contributed by atoms with Crippen LogP contribution in [0.2, 0.25) is 0 Å². The van der Waals surface area contributed by atoms with Crippen LogP contribution in [0.15, 0.2) is 30.3 Å². The molecule has 0 spiro atoms. The summed E-state index contributed by atoms with van der Waals surface area (Å²) in [6.45, 7) is 4.74. The van der Waals surface area contributed by atoms with Crippen LogP contribution in [0, 0.1) is 5.92 Å². The van der Waals surface area contributed by atoms with Crippen LogP contribution < -0.4 is 16.8 Å². The fraction of sp³-hybridized carbons (Fsp3) is 0.375. The Morgan fingerprint density at radius 2 is 2.05 bits per heavy atom. The highest BCUT2D eigenvalue weighted by Gasteiger charge is 2.16. The summed E-state index contributed by atoms with van der Waals surface area (Å²) < 4.78 is 0. The van der Waals surface area contributed by atoms with Crippen molar-refractivity contribution in [2.24, 2.45) is 17.4 Å². The first-order valence-electron chi connectivity index (χ1n) is 7.17. The Labute approximate surface area is 124 Å². The number of nitrogens with two attached hydrogens (primary N) is 2.